The molecular formula is C17H26O. The maximum absolute atomic E-state index is 6.13. The molecule has 0 amide bonds. The summed E-state index contributed by atoms with van der Waals surface area (Å²) in [4.78, 5) is 0. The number of hydrogen-bond acceptors (Lipinski definition) is 1. The molecule has 4 aliphatic rings. The summed E-state index contributed by atoms with van der Waals surface area (Å²) in [6.45, 7) is 9.37. The monoisotopic (exact) mass is 246 g/mol. The van der Waals surface area contributed by atoms with Crippen molar-refractivity contribution in [3.63, 3.8) is 0 Å². The fourth-order valence-electron chi connectivity index (χ4n) is 5.67. The predicted molar refractivity (Wildman–Crippen MR) is 73.3 cm³/mol. The molecule has 1 aliphatic heterocycles. The number of allylic oxidation sites excluding steroid dienone is 1. The van der Waals surface area contributed by atoms with E-state index in [1.54, 1.807) is 0 Å². The van der Waals surface area contributed by atoms with Gasteiger partial charge in [-0.05, 0) is 61.7 Å². The van der Waals surface area contributed by atoms with Gasteiger partial charge in [-0.1, -0.05) is 32.4 Å². The molecule has 1 spiro atoms. The minimum Gasteiger partial charge on any atom is -0.366 e. The maximum Gasteiger partial charge on any atom is 0.0951 e. The van der Waals surface area contributed by atoms with Gasteiger partial charge in [-0.15, -0.1) is 0 Å². The number of epoxide rings is 1. The first-order chi connectivity index (χ1) is 8.52. The van der Waals surface area contributed by atoms with Gasteiger partial charge in [0.05, 0.1) is 11.7 Å². The zero-order chi connectivity index (χ0) is 12.5. The molecule has 100 valence electrons. The van der Waals surface area contributed by atoms with Crippen LogP contribution in [0.15, 0.2) is 12.2 Å². The third kappa shape index (κ3) is 1.43. The van der Waals surface area contributed by atoms with Gasteiger partial charge < -0.3 is 4.74 Å². The average molecular weight is 246 g/mol. The van der Waals surface area contributed by atoms with Crippen molar-refractivity contribution in [3.8, 4) is 0 Å². The topological polar surface area (TPSA) is 12.5 Å². The molecule has 2 bridgehead atoms. The highest BCUT2D eigenvalue weighted by atomic mass is 16.6. The Bertz CT molecular complexity index is 396. The summed E-state index contributed by atoms with van der Waals surface area (Å²) in [5, 5.41) is 0. The average Bonchev–Trinajstić information content (AvgIpc) is 2.94. The van der Waals surface area contributed by atoms with Crippen LogP contribution in [0.4, 0.5) is 0 Å². The van der Waals surface area contributed by atoms with Crippen molar-refractivity contribution in [1.29, 1.82) is 0 Å². The Kier molecular flexibility index (Phi) is 2.19. The standard InChI is InChI=1S/C17H26O/c1-11-6-7-14-17(18-14)8-4-5-12(9-17)15-13(11)10-16(15,2)3/h12-15H,1,4-10H2,2-3H3. The summed E-state index contributed by atoms with van der Waals surface area (Å²) < 4.78 is 6.13. The van der Waals surface area contributed by atoms with Gasteiger partial charge in [0.1, 0.15) is 0 Å². The minimum atomic E-state index is 0.323. The summed E-state index contributed by atoms with van der Waals surface area (Å²) in [7, 11) is 0. The maximum atomic E-state index is 6.13. The molecule has 18 heavy (non-hydrogen) atoms. The first kappa shape index (κ1) is 11.5. The van der Waals surface area contributed by atoms with Crippen LogP contribution < -0.4 is 0 Å². The zero-order valence-electron chi connectivity index (χ0n) is 11.9. The molecule has 3 saturated carbocycles. The third-order valence-electron chi connectivity index (χ3n) is 6.53. The molecule has 1 heterocycles. The number of rotatable bonds is 0. The molecular weight excluding hydrogens is 220 g/mol. The van der Waals surface area contributed by atoms with Crippen LogP contribution in [0.3, 0.4) is 0 Å². The van der Waals surface area contributed by atoms with E-state index in [-0.39, 0.29) is 0 Å². The second kappa shape index (κ2) is 3.42. The minimum absolute atomic E-state index is 0.323. The molecule has 1 saturated heterocycles. The molecule has 5 unspecified atom stereocenters. The number of fused-ring (bicyclic) bond motifs is 3. The van der Waals surface area contributed by atoms with E-state index < -0.39 is 0 Å². The SMILES string of the molecule is C=C1CCC2OC23CCCC(C3)C2C1CC2(C)C. The lowest BCUT2D eigenvalue weighted by molar-refractivity contribution is -0.0554. The lowest BCUT2D eigenvalue weighted by Gasteiger charge is -2.57. The van der Waals surface area contributed by atoms with Gasteiger partial charge in [-0.25, -0.2) is 0 Å². The van der Waals surface area contributed by atoms with Crippen LogP contribution in [0.1, 0.15) is 58.8 Å². The van der Waals surface area contributed by atoms with Gasteiger partial charge >= 0.3 is 0 Å². The molecule has 1 heteroatoms. The molecule has 0 radical (unpaired) electrons. The predicted octanol–water partition coefficient (Wildman–Crippen LogP) is 4.33. The van der Waals surface area contributed by atoms with Crippen LogP contribution in [0.25, 0.3) is 0 Å². The van der Waals surface area contributed by atoms with E-state index in [0.29, 0.717) is 17.1 Å². The van der Waals surface area contributed by atoms with Crippen LogP contribution in [0.2, 0.25) is 0 Å². The van der Waals surface area contributed by atoms with E-state index in [1.807, 2.05) is 0 Å². The van der Waals surface area contributed by atoms with Gasteiger partial charge in [0, 0.05) is 0 Å². The summed E-state index contributed by atoms with van der Waals surface area (Å²) in [5.41, 5.74) is 2.41. The highest BCUT2D eigenvalue weighted by Crippen LogP contribution is 2.64. The zero-order valence-corrected chi connectivity index (χ0v) is 11.9. The summed E-state index contributed by atoms with van der Waals surface area (Å²) in [5.74, 6) is 2.63. The molecule has 0 N–H and O–H groups in total. The lowest BCUT2D eigenvalue weighted by atomic mass is 9.48. The van der Waals surface area contributed by atoms with Crippen molar-refractivity contribution in [3.05, 3.63) is 12.2 Å². The van der Waals surface area contributed by atoms with Crippen LogP contribution in [0, 0.1) is 23.2 Å². The van der Waals surface area contributed by atoms with Crippen molar-refractivity contribution >= 4 is 0 Å². The molecule has 4 rings (SSSR count). The van der Waals surface area contributed by atoms with E-state index in [1.165, 1.54) is 50.5 Å². The fourth-order valence-corrected chi connectivity index (χ4v) is 5.67. The largest absolute Gasteiger partial charge is 0.366 e. The second-order valence-electron chi connectivity index (χ2n) is 8.05. The van der Waals surface area contributed by atoms with E-state index in [0.717, 1.165) is 17.8 Å². The first-order valence-corrected chi connectivity index (χ1v) is 7.87. The van der Waals surface area contributed by atoms with Crippen molar-refractivity contribution in [2.75, 3.05) is 0 Å². The molecule has 1 nitrogen and oxygen atoms in total. The highest BCUT2D eigenvalue weighted by molar-refractivity contribution is 5.19. The Labute approximate surface area is 111 Å². The highest BCUT2D eigenvalue weighted by Gasteiger charge is 2.62. The Morgan fingerprint density at radius 2 is 2.06 bits per heavy atom. The number of ether oxygens (including phenoxy) is 1. The molecule has 4 fully saturated rings. The van der Waals surface area contributed by atoms with Gasteiger partial charge in [-0.2, -0.15) is 0 Å². The Morgan fingerprint density at radius 1 is 1.22 bits per heavy atom. The van der Waals surface area contributed by atoms with Gasteiger partial charge in [0.2, 0.25) is 0 Å². The van der Waals surface area contributed by atoms with Crippen LogP contribution in [-0.2, 0) is 4.74 Å². The summed E-state index contributed by atoms with van der Waals surface area (Å²) in [6.07, 6.45) is 9.95. The Hall–Kier alpha value is -0.300. The van der Waals surface area contributed by atoms with Crippen LogP contribution >= 0.6 is 0 Å². The van der Waals surface area contributed by atoms with E-state index in [4.69, 9.17) is 4.74 Å². The van der Waals surface area contributed by atoms with Crippen molar-refractivity contribution in [2.45, 2.75) is 70.5 Å². The van der Waals surface area contributed by atoms with E-state index in [2.05, 4.69) is 20.4 Å². The first-order valence-electron chi connectivity index (χ1n) is 7.87. The molecule has 5 atom stereocenters. The van der Waals surface area contributed by atoms with Gasteiger partial charge in [0.15, 0.2) is 0 Å². The Morgan fingerprint density at radius 3 is 2.83 bits per heavy atom. The lowest BCUT2D eigenvalue weighted by Crippen LogP contribution is -2.50. The third-order valence-corrected chi connectivity index (χ3v) is 6.53. The quantitative estimate of drug-likeness (QED) is 0.458. The number of hydrogen-bond donors (Lipinski definition) is 0. The van der Waals surface area contributed by atoms with Crippen LogP contribution in [-0.4, -0.2) is 11.7 Å². The van der Waals surface area contributed by atoms with Gasteiger partial charge in [-0.3, -0.25) is 0 Å². The summed E-state index contributed by atoms with van der Waals surface area (Å²) >= 11 is 0. The molecule has 0 aromatic rings. The van der Waals surface area contributed by atoms with Crippen molar-refractivity contribution in [1.82, 2.24) is 0 Å². The molecule has 0 aromatic heterocycles. The van der Waals surface area contributed by atoms with E-state index in [9.17, 15) is 0 Å². The normalized spacial score (nSPS) is 53.1. The fraction of sp³-hybridized carbons (Fsp3) is 0.882. The Balaban J connectivity index is 1.67. The smallest absolute Gasteiger partial charge is 0.0951 e. The second-order valence-corrected chi connectivity index (χ2v) is 8.05. The van der Waals surface area contributed by atoms with Crippen LogP contribution in [0.5, 0.6) is 0 Å². The van der Waals surface area contributed by atoms with Crippen molar-refractivity contribution < 1.29 is 4.74 Å². The van der Waals surface area contributed by atoms with Crippen molar-refractivity contribution in [2.24, 2.45) is 23.2 Å². The molecule has 3 aliphatic carbocycles. The molecule has 0 aromatic carbocycles. The van der Waals surface area contributed by atoms with Gasteiger partial charge in [0.25, 0.3) is 0 Å². The summed E-state index contributed by atoms with van der Waals surface area (Å²) in [6, 6.07) is 0. The van der Waals surface area contributed by atoms with E-state index >= 15 is 0 Å².